The number of halogens is 23. The minimum atomic E-state index is -4.94. The largest absolute Gasteiger partial charge is 0.573 e. The zero-order valence-electron chi connectivity index (χ0n) is 73.3. The number of nitriles is 1. The van der Waals surface area contributed by atoms with Crippen LogP contribution in [0.15, 0.2) is 176 Å². The molecular formula is C101H86Cl11F12N7O8. The van der Waals surface area contributed by atoms with Gasteiger partial charge in [-0.3, -0.25) is 0 Å². The Morgan fingerprint density at radius 3 is 0.885 bits per heavy atom. The summed E-state index contributed by atoms with van der Waals surface area (Å²) in [5.41, 5.74) is 42.1. The summed E-state index contributed by atoms with van der Waals surface area (Å²) in [4.78, 5) is 0. The highest BCUT2D eigenvalue weighted by Gasteiger charge is 2.43. The molecule has 734 valence electrons. The highest BCUT2D eigenvalue weighted by molar-refractivity contribution is 6.43. The number of methoxy groups -OCH3 is 1. The number of aryl methyl sites for hydroxylation is 6. The molecule has 6 atom stereocenters. The molecule has 0 fully saturated rings. The highest BCUT2D eigenvalue weighted by Crippen LogP contribution is 2.54. The third kappa shape index (κ3) is 25.3. The lowest BCUT2D eigenvalue weighted by Crippen LogP contribution is -2.30. The lowest BCUT2D eigenvalue weighted by Gasteiger charge is -2.28. The van der Waals surface area contributed by atoms with Gasteiger partial charge in [-0.1, -0.05) is 225 Å². The van der Waals surface area contributed by atoms with Crippen molar-refractivity contribution >= 4 is 128 Å². The van der Waals surface area contributed by atoms with Crippen LogP contribution < -0.4 is 72.3 Å². The number of nitrogens with two attached hydrogens (primary N) is 6. The number of hydrogen-bond acceptors (Lipinski definition) is 15. The van der Waals surface area contributed by atoms with Gasteiger partial charge in [0.15, 0.2) is 0 Å². The van der Waals surface area contributed by atoms with Gasteiger partial charge in [0.25, 0.3) is 0 Å². The molecule has 0 saturated heterocycles. The van der Waals surface area contributed by atoms with E-state index in [4.69, 9.17) is 200 Å². The monoisotopic (exact) mass is 2140 g/mol. The number of nitrogens with zero attached hydrogens (tertiary/aromatic N) is 1. The van der Waals surface area contributed by atoms with Gasteiger partial charge in [0.1, 0.15) is 100 Å². The first-order chi connectivity index (χ1) is 66.2. The molecule has 0 saturated carbocycles. The lowest BCUT2D eigenvalue weighted by molar-refractivity contribution is -0.274. The fourth-order valence-electron chi connectivity index (χ4n) is 16.7. The molecule has 0 bridgehead atoms. The number of fused-ring (bicyclic) bond motifs is 6. The maximum atomic E-state index is 14.0. The van der Waals surface area contributed by atoms with Crippen LogP contribution in [0.4, 0.5) is 52.7 Å². The van der Waals surface area contributed by atoms with Crippen LogP contribution >= 0.6 is 128 Å². The van der Waals surface area contributed by atoms with E-state index in [9.17, 15) is 52.7 Å². The molecule has 18 rings (SSSR count). The molecule has 0 spiro atoms. The summed E-state index contributed by atoms with van der Waals surface area (Å²) in [7, 11) is 1.58. The Hall–Kier alpha value is -9.36. The summed E-state index contributed by atoms with van der Waals surface area (Å²) in [6, 6.07) is 46.8. The minimum absolute atomic E-state index is 0.00424. The third-order valence-electron chi connectivity index (χ3n) is 23.4. The molecular weight excluding hydrogens is 2060 g/mol. The van der Waals surface area contributed by atoms with E-state index < -0.39 is 58.9 Å². The second-order valence-corrected chi connectivity index (χ2v) is 37.0. The standard InChI is InChI=1S/C18H15F6NO.C17H14Cl2F3NO2.C17H14Cl2N2O.C17H17Cl2NO2.C16H13Cl3FNO.C16H13Cl2F2NO/c19-17(20,21)13-5-2-6-14(18(22,23)24)15(13)12-4-1-3-10-7-8-11(9-25)26-16(10)12;18-13-6-11(25-17(20,21)22)7-14(19)15(13)12-3-1-2-9-4-5-10(8-23)24-16(9)12;18-14-6-10(8-20)7-15(19)16(14)13-3-1-2-11-4-5-12(9-21)22-17(11)13;1-21-12-7-14(18)16(15(19)8-12)13-4-2-3-10-5-6-11(9-20)22-17(10)13;17-9-4-13(18)15(14(19)5-9)12-6-10(20)3-8-1-2-11(7-21)22-16(8)12;17-14-11(19)6-12(20)15(18)13(14)10-3-1-2-8-4-5-9(7-21)22-16(8)10/h1-6,11H,7-9,25H2;1-3,6-7,10H,4-5,8,23H2;1-3,6-7,12H,4-5,9,21H2;2-4,7-8,11H,5-6,9,20H2,1H3;3-6,11H,1-2,7,21H2;1-3,6,9H,4-5,7,21H2/t11-;10-;12-;2*11-;9-/m111111/s1. The van der Waals surface area contributed by atoms with Crippen LogP contribution in [0.2, 0.25) is 55.2 Å². The number of rotatable bonds is 14. The predicted octanol–water partition coefficient (Wildman–Crippen LogP) is 28.5. The number of ether oxygens (including phenoxy) is 8. The summed E-state index contributed by atoms with van der Waals surface area (Å²) in [5.74, 6) is 1.48. The molecule has 139 heavy (non-hydrogen) atoms. The van der Waals surface area contributed by atoms with Crippen LogP contribution in [0.25, 0.3) is 66.8 Å². The van der Waals surface area contributed by atoms with Crippen LogP contribution in [-0.4, -0.2) is 89.4 Å². The zero-order chi connectivity index (χ0) is 100. The first-order valence-electron chi connectivity index (χ1n) is 43.3. The average Bonchev–Trinajstić information content (AvgIpc) is 0.749. The molecule has 0 amide bonds. The van der Waals surface area contributed by atoms with Crippen molar-refractivity contribution in [1.29, 1.82) is 5.26 Å². The molecule has 12 aromatic rings. The molecule has 12 N–H and O–H groups in total. The normalized spacial score (nSPS) is 17.0. The first kappa shape index (κ1) is 107. The van der Waals surface area contributed by atoms with E-state index in [1.807, 2.05) is 54.6 Å². The lowest BCUT2D eigenvalue weighted by atomic mass is 9.89. The second kappa shape index (κ2) is 46.8. The van der Waals surface area contributed by atoms with Gasteiger partial charge in [0.05, 0.1) is 80.1 Å². The Balaban J connectivity index is 0.000000141. The summed E-state index contributed by atoms with van der Waals surface area (Å²) >= 11 is 68.4. The van der Waals surface area contributed by atoms with Crippen LogP contribution in [0.1, 0.15) is 88.6 Å². The third-order valence-corrected chi connectivity index (χ3v) is 26.7. The van der Waals surface area contributed by atoms with Crippen molar-refractivity contribution in [2.45, 2.75) is 132 Å². The Morgan fingerprint density at radius 1 is 0.324 bits per heavy atom. The van der Waals surface area contributed by atoms with Gasteiger partial charge in [0.2, 0.25) is 0 Å². The smallest absolute Gasteiger partial charge is 0.497 e. The molecule has 6 aliphatic heterocycles. The van der Waals surface area contributed by atoms with Crippen molar-refractivity contribution in [3.63, 3.8) is 0 Å². The Bertz CT molecular complexity index is 6410. The van der Waals surface area contributed by atoms with E-state index in [0.717, 1.165) is 132 Å². The summed E-state index contributed by atoms with van der Waals surface area (Å²) < 4.78 is 204. The molecule has 38 heteroatoms. The number of para-hydroxylation sites is 5. The van der Waals surface area contributed by atoms with Gasteiger partial charge in [-0.25, -0.2) is 13.2 Å². The van der Waals surface area contributed by atoms with Crippen molar-refractivity contribution < 1.29 is 90.6 Å². The fourth-order valence-corrected chi connectivity index (χ4v) is 20.3. The average molecular weight is 2140 g/mol. The van der Waals surface area contributed by atoms with E-state index in [0.29, 0.717) is 173 Å². The molecule has 6 aliphatic rings. The van der Waals surface area contributed by atoms with E-state index in [2.05, 4.69) is 10.8 Å². The van der Waals surface area contributed by atoms with Gasteiger partial charge in [-0.2, -0.15) is 31.6 Å². The Kier molecular flexibility index (Phi) is 36.0. The Labute approximate surface area is 847 Å². The maximum Gasteiger partial charge on any atom is 0.573 e. The summed E-state index contributed by atoms with van der Waals surface area (Å²) in [6.45, 7) is 2.24. The topological polar surface area (TPSA) is 254 Å². The molecule has 15 nitrogen and oxygen atoms in total. The van der Waals surface area contributed by atoms with Gasteiger partial charge < -0.3 is 72.3 Å². The van der Waals surface area contributed by atoms with E-state index >= 15 is 0 Å². The van der Waals surface area contributed by atoms with E-state index in [-0.39, 0.29) is 79.8 Å². The minimum Gasteiger partial charge on any atom is -0.497 e. The Morgan fingerprint density at radius 2 is 0.590 bits per heavy atom. The summed E-state index contributed by atoms with van der Waals surface area (Å²) in [5, 5.41) is 11.7. The number of hydrogen-bond donors (Lipinski definition) is 6. The van der Waals surface area contributed by atoms with Gasteiger partial charge in [0, 0.05) is 117 Å². The van der Waals surface area contributed by atoms with Gasteiger partial charge in [-0.15, -0.1) is 13.2 Å². The zero-order valence-corrected chi connectivity index (χ0v) is 81.6. The maximum absolute atomic E-state index is 14.0. The van der Waals surface area contributed by atoms with Crippen LogP contribution in [0.3, 0.4) is 0 Å². The molecule has 6 heterocycles. The van der Waals surface area contributed by atoms with Crippen molar-refractivity contribution in [1.82, 2.24) is 0 Å². The first-order valence-corrected chi connectivity index (χ1v) is 47.4. The molecule has 0 radical (unpaired) electrons. The molecule has 0 unspecified atom stereocenters. The van der Waals surface area contributed by atoms with Gasteiger partial charge >= 0.3 is 18.7 Å². The van der Waals surface area contributed by atoms with Crippen LogP contribution in [-0.2, 0) is 50.9 Å². The van der Waals surface area contributed by atoms with Crippen molar-refractivity contribution in [2.24, 2.45) is 34.4 Å². The number of benzene rings is 12. The van der Waals surface area contributed by atoms with Crippen molar-refractivity contribution in [3.8, 4) is 119 Å². The molecule has 12 aromatic carbocycles. The predicted molar refractivity (Wildman–Crippen MR) is 525 cm³/mol. The fraction of sp³-hybridized carbons (Fsp3) is 0.277. The van der Waals surface area contributed by atoms with Crippen LogP contribution in [0, 0.1) is 28.8 Å². The van der Waals surface area contributed by atoms with Crippen LogP contribution in [0.5, 0.6) is 46.0 Å². The van der Waals surface area contributed by atoms with Crippen molar-refractivity contribution in [3.05, 3.63) is 299 Å². The second-order valence-electron chi connectivity index (χ2n) is 32.5. The van der Waals surface area contributed by atoms with Crippen molar-refractivity contribution in [2.75, 3.05) is 46.4 Å². The number of alkyl halides is 9. The highest BCUT2D eigenvalue weighted by atomic mass is 35.5. The van der Waals surface area contributed by atoms with E-state index in [1.54, 1.807) is 67.8 Å². The SMILES string of the molecule is COc1cc(Cl)c(-c2cccc3c2O[C@@H](CN)CC3)c(Cl)c1.N#Cc1cc(Cl)c(-c2cccc3c2O[C@@H](CN)CC3)c(Cl)c1.NC[C@H]1CCc2cc(F)cc(-c3c(Cl)cc(Cl)cc3Cl)c2O1.NC[C@H]1CCc2cccc(-c3c(C(F)(F)F)cccc3C(F)(F)F)c2O1.NC[C@H]1CCc2cccc(-c3c(Cl)c(F)cc(F)c3Cl)c2O1.NC[C@H]1CCc2cccc(-c3c(Cl)cc(OC(F)(F)F)cc3Cl)c2O1. The molecule has 0 aliphatic carbocycles. The summed E-state index contributed by atoms with van der Waals surface area (Å²) in [6.07, 6.45) is -6.15. The van der Waals surface area contributed by atoms with Gasteiger partial charge in [-0.05, 0) is 183 Å². The quantitative estimate of drug-likeness (QED) is 0.0437. The van der Waals surface area contributed by atoms with E-state index in [1.165, 1.54) is 24.3 Å². The molecule has 0 aromatic heterocycles.